The maximum atomic E-state index is 13.7. The van der Waals surface area contributed by atoms with Crippen LogP contribution in [0.5, 0.6) is 0 Å². The van der Waals surface area contributed by atoms with Crippen molar-refractivity contribution < 1.29 is 19.4 Å². The molecule has 0 bridgehead atoms. The number of carbonyl (C=O) groups excluding carboxylic acids is 1. The minimum atomic E-state index is -1.14. The quantitative estimate of drug-likeness (QED) is 0.478. The molecular weight excluding hydrogens is 464 g/mol. The summed E-state index contributed by atoms with van der Waals surface area (Å²) in [6.45, 7) is 6.53. The van der Waals surface area contributed by atoms with Gasteiger partial charge in [0.2, 0.25) is 0 Å². The fraction of sp³-hybridized carbons (Fsp3) is 0.357. The molecule has 0 saturated heterocycles. The number of amides is 1. The van der Waals surface area contributed by atoms with Crippen LogP contribution in [0, 0.1) is 5.41 Å². The summed E-state index contributed by atoms with van der Waals surface area (Å²) in [6, 6.07) is 17.5. The number of anilines is 2. The first-order valence-electron chi connectivity index (χ1n) is 11.6. The number of nitrogens with zero attached hydrogens (tertiary/aromatic N) is 2. The van der Waals surface area contributed by atoms with E-state index >= 15 is 0 Å². The van der Waals surface area contributed by atoms with Gasteiger partial charge in [-0.2, -0.15) is 0 Å². The van der Waals surface area contributed by atoms with Gasteiger partial charge in [-0.05, 0) is 40.6 Å². The Balaban J connectivity index is 1.98. The van der Waals surface area contributed by atoms with E-state index in [0.717, 1.165) is 27.6 Å². The van der Waals surface area contributed by atoms with Gasteiger partial charge in [0.15, 0.2) is 0 Å². The van der Waals surface area contributed by atoms with Gasteiger partial charge in [-0.15, -0.1) is 0 Å². The van der Waals surface area contributed by atoms with Crippen molar-refractivity contribution in [3.63, 3.8) is 0 Å². The lowest BCUT2D eigenvalue weighted by molar-refractivity contribution is -0.147. The summed E-state index contributed by atoms with van der Waals surface area (Å²) in [5, 5.41) is 12.1. The van der Waals surface area contributed by atoms with Crippen molar-refractivity contribution >= 4 is 45.6 Å². The zero-order valence-electron chi connectivity index (χ0n) is 20.7. The smallest absolute Gasteiger partial charge is 0.306 e. The number of ether oxygens (including phenoxy) is 1. The highest BCUT2D eigenvalue weighted by atomic mass is 35.5. The Morgan fingerprint density at radius 2 is 1.74 bits per heavy atom. The summed E-state index contributed by atoms with van der Waals surface area (Å²) in [7, 11) is 3.98. The van der Waals surface area contributed by atoms with E-state index in [-0.39, 0.29) is 11.3 Å². The van der Waals surface area contributed by atoms with Crippen molar-refractivity contribution in [3.8, 4) is 0 Å². The second-order valence-electron chi connectivity index (χ2n) is 10.4. The molecule has 184 valence electrons. The molecular formula is C28H31ClN2O4. The number of aliphatic carboxylic acids is 1. The van der Waals surface area contributed by atoms with Crippen molar-refractivity contribution in [2.24, 2.45) is 5.41 Å². The lowest BCUT2D eigenvalue weighted by Crippen LogP contribution is -2.44. The fourth-order valence-electron chi connectivity index (χ4n) is 4.67. The van der Waals surface area contributed by atoms with Crippen LogP contribution in [-0.2, 0) is 14.3 Å². The first-order valence-corrected chi connectivity index (χ1v) is 12.0. The molecule has 2 atom stereocenters. The van der Waals surface area contributed by atoms with Crippen LogP contribution < -0.4 is 9.80 Å². The van der Waals surface area contributed by atoms with E-state index in [1.807, 2.05) is 82.2 Å². The third-order valence-electron chi connectivity index (χ3n) is 6.10. The van der Waals surface area contributed by atoms with E-state index in [4.69, 9.17) is 16.3 Å². The maximum absolute atomic E-state index is 13.7. The average Bonchev–Trinajstić information content (AvgIpc) is 2.87. The van der Waals surface area contributed by atoms with E-state index in [2.05, 4.69) is 6.07 Å². The largest absolute Gasteiger partial charge is 0.481 e. The Morgan fingerprint density at radius 1 is 1.06 bits per heavy atom. The molecule has 1 aliphatic rings. The van der Waals surface area contributed by atoms with Crippen molar-refractivity contribution in [3.05, 3.63) is 70.7 Å². The fourth-order valence-corrected chi connectivity index (χ4v) is 4.85. The van der Waals surface area contributed by atoms with Gasteiger partial charge in [0.25, 0.3) is 5.91 Å². The summed E-state index contributed by atoms with van der Waals surface area (Å²) in [5.74, 6) is -1.45. The first-order chi connectivity index (χ1) is 16.5. The van der Waals surface area contributed by atoms with Gasteiger partial charge in [0, 0.05) is 48.0 Å². The van der Waals surface area contributed by atoms with E-state index < -0.39 is 24.6 Å². The third kappa shape index (κ3) is 5.14. The number of carbonyl (C=O) groups is 2. The molecule has 1 N–H and O–H groups in total. The van der Waals surface area contributed by atoms with Crippen molar-refractivity contribution in [2.75, 3.05) is 30.4 Å². The molecule has 0 radical (unpaired) electrons. The summed E-state index contributed by atoms with van der Waals surface area (Å²) in [4.78, 5) is 29.1. The predicted octanol–water partition coefficient (Wildman–Crippen LogP) is 5.90. The molecule has 1 aliphatic heterocycles. The van der Waals surface area contributed by atoms with Gasteiger partial charge in [-0.3, -0.25) is 9.59 Å². The lowest BCUT2D eigenvalue weighted by Gasteiger charge is -2.31. The molecule has 6 nitrogen and oxygen atoms in total. The highest BCUT2D eigenvalue weighted by molar-refractivity contribution is 6.30. The SMILES string of the molecule is CN(C)c1ccc([C@@H]2O[C@@H](CC(=O)O)C(=O)N(CC(C)(C)C)c3ccc(Cl)cc32)c2ccccc12. The highest BCUT2D eigenvalue weighted by Crippen LogP contribution is 2.43. The second-order valence-corrected chi connectivity index (χ2v) is 10.8. The number of carboxylic acid groups (broad SMARTS) is 1. The first kappa shape index (κ1) is 25.0. The van der Waals surface area contributed by atoms with E-state index in [1.165, 1.54) is 0 Å². The topological polar surface area (TPSA) is 70.1 Å². The zero-order chi connectivity index (χ0) is 25.5. The Labute approximate surface area is 211 Å². The number of halogens is 1. The van der Waals surface area contributed by atoms with Gasteiger partial charge in [0.05, 0.1) is 6.42 Å². The number of fused-ring (bicyclic) bond motifs is 2. The van der Waals surface area contributed by atoms with Crippen LogP contribution in [0.1, 0.15) is 44.4 Å². The molecule has 0 aromatic heterocycles. The number of hydrogen-bond donors (Lipinski definition) is 1. The van der Waals surface area contributed by atoms with Crippen LogP contribution in [-0.4, -0.2) is 43.7 Å². The van der Waals surface area contributed by atoms with Gasteiger partial charge in [-0.25, -0.2) is 0 Å². The Morgan fingerprint density at radius 3 is 2.37 bits per heavy atom. The van der Waals surface area contributed by atoms with Gasteiger partial charge in [0.1, 0.15) is 12.2 Å². The molecule has 3 aromatic carbocycles. The van der Waals surface area contributed by atoms with Gasteiger partial charge >= 0.3 is 5.97 Å². The van der Waals surface area contributed by atoms with Crippen LogP contribution in [0.15, 0.2) is 54.6 Å². The molecule has 3 aromatic rings. The molecule has 7 heteroatoms. The van der Waals surface area contributed by atoms with Crippen LogP contribution in [0.3, 0.4) is 0 Å². The molecule has 0 fully saturated rings. The highest BCUT2D eigenvalue weighted by Gasteiger charge is 2.39. The molecule has 35 heavy (non-hydrogen) atoms. The summed E-state index contributed by atoms with van der Waals surface area (Å²) in [5.41, 5.74) is 3.12. The summed E-state index contributed by atoms with van der Waals surface area (Å²) < 4.78 is 6.41. The molecule has 0 aliphatic carbocycles. The zero-order valence-corrected chi connectivity index (χ0v) is 21.5. The normalized spacial score (nSPS) is 18.3. The number of hydrogen-bond acceptors (Lipinski definition) is 4. The summed E-state index contributed by atoms with van der Waals surface area (Å²) in [6.07, 6.45) is -2.24. The minimum Gasteiger partial charge on any atom is -0.481 e. The van der Waals surface area contributed by atoms with Crippen LogP contribution in [0.25, 0.3) is 10.8 Å². The average molecular weight is 495 g/mol. The maximum Gasteiger partial charge on any atom is 0.306 e. The number of rotatable bonds is 5. The van der Waals surface area contributed by atoms with Gasteiger partial charge < -0.3 is 19.6 Å². The van der Waals surface area contributed by atoms with Crippen molar-refractivity contribution in [2.45, 2.75) is 39.4 Å². The second kappa shape index (κ2) is 9.51. The molecule has 4 rings (SSSR count). The third-order valence-corrected chi connectivity index (χ3v) is 6.33. The predicted molar refractivity (Wildman–Crippen MR) is 141 cm³/mol. The van der Waals surface area contributed by atoms with E-state index in [0.29, 0.717) is 17.3 Å². The van der Waals surface area contributed by atoms with Crippen LogP contribution >= 0.6 is 11.6 Å². The Kier molecular flexibility index (Phi) is 6.80. The van der Waals surface area contributed by atoms with Crippen LogP contribution in [0.2, 0.25) is 5.02 Å². The standard InChI is InChI=1S/C28H31ClN2O4/c1-28(2,3)16-31-23-12-10-17(29)14-21(23)26(35-24(27(31)34)15-25(32)33)20-11-13-22(30(4)5)19-9-7-6-8-18(19)20/h6-14,24,26H,15-16H2,1-5H3,(H,32,33)/t24-,26-/m0/s1. The monoisotopic (exact) mass is 494 g/mol. The molecule has 1 heterocycles. The lowest BCUT2D eigenvalue weighted by atomic mass is 9.92. The minimum absolute atomic E-state index is 0.222. The molecule has 0 spiro atoms. The number of carboxylic acids is 1. The molecule has 0 unspecified atom stereocenters. The Hall–Kier alpha value is -3.09. The number of benzene rings is 3. The molecule has 0 saturated carbocycles. The van der Waals surface area contributed by atoms with E-state index in [1.54, 1.807) is 11.0 Å². The van der Waals surface area contributed by atoms with Gasteiger partial charge in [-0.1, -0.05) is 62.7 Å². The van der Waals surface area contributed by atoms with Crippen LogP contribution in [0.4, 0.5) is 11.4 Å². The Bertz CT molecular complexity index is 1280. The summed E-state index contributed by atoms with van der Waals surface area (Å²) >= 11 is 6.45. The van der Waals surface area contributed by atoms with E-state index in [9.17, 15) is 14.7 Å². The van der Waals surface area contributed by atoms with Crippen molar-refractivity contribution in [1.82, 2.24) is 0 Å². The molecule has 1 amide bonds. The van der Waals surface area contributed by atoms with Crippen molar-refractivity contribution in [1.29, 1.82) is 0 Å².